The maximum atomic E-state index is 12.1. The van der Waals surface area contributed by atoms with Crippen LogP contribution in [0.15, 0.2) is 28.8 Å². The summed E-state index contributed by atoms with van der Waals surface area (Å²) in [5.74, 6) is 2.39. The van der Waals surface area contributed by atoms with E-state index in [-0.39, 0.29) is 11.8 Å². The van der Waals surface area contributed by atoms with E-state index in [1.807, 2.05) is 24.3 Å². The first-order valence-electron chi connectivity index (χ1n) is 8.43. The van der Waals surface area contributed by atoms with E-state index in [0.717, 1.165) is 37.0 Å². The van der Waals surface area contributed by atoms with Crippen LogP contribution in [0.1, 0.15) is 31.4 Å². The van der Waals surface area contributed by atoms with Gasteiger partial charge in [0.15, 0.2) is 17.3 Å². The van der Waals surface area contributed by atoms with Crippen LogP contribution in [0.5, 0.6) is 11.5 Å². The highest BCUT2D eigenvalue weighted by molar-refractivity contribution is 5.78. The zero-order valence-electron chi connectivity index (χ0n) is 13.4. The molecule has 1 aromatic heterocycles. The van der Waals surface area contributed by atoms with Crippen molar-refractivity contribution >= 4 is 5.91 Å². The quantitative estimate of drug-likeness (QED) is 0.934. The topological polar surface area (TPSA) is 73.6 Å². The van der Waals surface area contributed by atoms with E-state index in [4.69, 9.17) is 14.0 Å². The van der Waals surface area contributed by atoms with E-state index in [9.17, 15) is 4.79 Å². The van der Waals surface area contributed by atoms with Crippen LogP contribution < -0.4 is 14.8 Å². The molecule has 126 valence electrons. The predicted octanol–water partition coefficient (Wildman–Crippen LogP) is 2.92. The van der Waals surface area contributed by atoms with Crippen LogP contribution in [0.25, 0.3) is 11.3 Å². The molecule has 1 aromatic carbocycles. The molecule has 6 nitrogen and oxygen atoms in total. The maximum absolute atomic E-state index is 12.1. The van der Waals surface area contributed by atoms with Crippen LogP contribution in [0.4, 0.5) is 0 Å². The first-order chi connectivity index (χ1) is 11.8. The number of amides is 1. The minimum absolute atomic E-state index is 0.122. The Bertz CT molecular complexity index is 734. The number of hydrogen-bond acceptors (Lipinski definition) is 5. The van der Waals surface area contributed by atoms with Crippen molar-refractivity contribution in [1.82, 2.24) is 10.5 Å². The first kappa shape index (κ1) is 15.1. The number of carbonyl (C=O) groups excluding carboxylic acids is 1. The van der Waals surface area contributed by atoms with Gasteiger partial charge in [-0.25, -0.2) is 0 Å². The molecule has 1 N–H and O–H groups in total. The van der Waals surface area contributed by atoms with Gasteiger partial charge in [-0.3, -0.25) is 4.79 Å². The average Bonchev–Trinajstić information content (AvgIpc) is 3.31. The van der Waals surface area contributed by atoms with E-state index in [1.165, 1.54) is 0 Å². The van der Waals surface area contributed by atoms with Gasteiger partial charge in [0.05, 0.1) is 6.54 Å². The molecule has 2 heterocycles. The summed E-state index contributed by atoms with van der Waals surface area (Å²) in [6, 6.07) is 7.51. The van der Waals surface area contributed by atoms with Gasteiger partial charge in [0, 0.05) is 17.5 Å². The van der Waals surface area contributed by atoms with E-state index in [0.29, 0.717) is 37.0 Å². The molecule has 1 aliphatic carbocycles. The van der Waals surface area contributed by atoms with E-state index in [2.05, 4.69) is 10.5 Å². The third kappa shape index (κ3) is 3.09. The van der Waals surface area contributed by atoms with E-state index < -0.39 is 0 Å². The number of carbonyl (C=O) groups is 1. The van der Waals surface area contributed by atoms with Crippen molar-refractivity contribution in [2.24, 2.45) is 5.92 Å². The minimum atomic E-state index is 0.122. The number of fused-ring (bicyclic) bond motifs is 1. The van der Waals surface area contributed by atoms with Gasteiger partial charge in [0.25, 0.3) is 0 Å². The van der Waals surface area contributed by atoms with Crippen molar-refractivity contribution in [3.05, 3.63) is 30.0 Å². The van der Waals surface area contributed by atoms with Crippen molar-refractivity contribution in [1.29, 1.82) is 0 Å². The summed E-state index contributed by atoms with van der Waals surface area (Å²) in [6.07, 6.45) is 4.28. The second-order valence-corrected chi connectivity index (χ2v) is 6.24. The van der Waals surface area contributed by atoms with Crippen molar-refractivity contribution in [3.63, 3.8) is 0 Å². The third-order valence-corrected chi connectivity index (χ3v) is 4.56. The molecule has 1 saturated carbocycles. The highest BCUT2D eigenvalue weighted by Gasteiger charge is 2.22. The Balaban J connectivity index is 1.42. The van der Waals surface area contributed by atoms with Crippen molar-refractivity contribution in [2.45, 2.75) is 32.2 Å². The molecule has 1 fully saturated rings. The molecule has 1 amide bonds. The number of rotatable bonds is 4. The number of ether oxygens (including phenoxy) is 2. The van der Waals surface area contributed by atoms with Gasteiger partial charge in [0.2, 0.25) is 5.91 Å². The zero-order chi connectivity index (χ0) is 16.4. The van der Waals surface area contributed by atoms with Gasteiger partial charge in [-0.05, 0) is 31.0 Å². The number of nitrogens with zero attached hydrogens (tertiary/aromatic N) is 1. The van der Waals surface area contributed by atoms with Gasteiger partial charge in [-0.2, -0.15) is 0 Å². The van der Waals surface area contributed by atoms with Crippen LogP contribution in [0.2, 0.25) is 0 Å². The number of hydrogen-bond donors (Lipinski definition) is 1. The summed E-state index contributed by atoms with van der Waals surface area (Å²) in [4.78, 5) is 12.1. The summed E-state index contributed by atoms with van der Waals surface area (Å²) >= 11 is 0. The van der Waals surface area contributed by atoms with Crippen LogP contribution >= 0.6 is 0 Å². The van der Waals surface area contributed by atoms with Crippen LogP contribution in [0.3, 0.4) is 0 Å². The second kappa shape index (κ2) is 6.55. The molecule has 0 unspecified atom stereocenters. The molecule has 2 aromatic rings. The van der Waals surface area contributed by atoms with E-state index in [1.54, 1.807) is 0 Å². The Morgan fingerprint density at radius 3 is 2.75 bits per heavy atom. The molecule has 4 rings (SSSR count). The molecule has 0 radical (unpaired) electrons. The molecule has 0 saturated heterocycles. The number of aromatic nitrogens is 1. The van der Waals surface area contributed by atoms with Crippen molar-refractivity contribution < 1.29 is 18.8 Å². The summed E-state index contributed by atoms with van der Waals surface area (Å²) in [6.45, 7) is 1.51. The average molecular weight is 328 g/mol. The Morgan fingerprint density at radius 2 is 1.92 bits per heavy atom. The summed E-state index contributed by atoms with van der Waals surface area (Å²) in [5.41, 5.74) is 1.59. The molecule has 2 aliphatic rings. The van der Waals surface area contributed by atoms with E-state index >= 15 is 0 Å². The molecule has 6 heteroatoms. The lowest BCUT2D eigenvalue weighted by Crippen LogP contribution is -2.28. The fourth-order valence-corrected chi connectivity index (χ4v) is 3.24. The predicted molar refractivity (Wildman–Crippen MR) is 86.7 cm³/mol. The fraction of sp³-hybridized carbons (Fsp3) is 0.444. The fourth-order valence-electron chi connectivity index (χ4n) is 3.24. The summed E-state index contributed by atoms with van der Waals surface area (Å²) < 4.78 is 16.5. The second-order valence-electron chi connectivity index (χ2n) is 6.24. The Morgan fingerprint density at radius 1 is 1.12 bits per heavy atom. The highest BCUT2D eigenvalue weighted by atomic mass is 16.6. The summed E-state index contributed by atoms with van der Waals surface area (Å²) in [5, 5.41) is 6.99. The largest absolute Gasteiger partial charge is 0.486 e. The molecule has 24 heavy (non-hydrogen) atoms. The lowest BCUT2D eigenvalue weighted by atomic mass is 10.1. The van der Waals surface area contributed by atoms with Crippen molar-refractivity contribution in [2.75, 3.05) is 13.2 Å². The highest BCUT2D eigenvalue weighted by Crippen LogP contribution is 2.34. The normalized spacial score (nSPS) is 17.0. The van der Waals surface area contributed by atoms with Crippen LogP contribution in [-0.2, 0) is 11.3 Å². The molecular formula is C18H20N2O4. The molecular weight excluding hydrogens is 308 g/mol. The van der Waals surface area contributed by atoms with Crippen LogP contribution in [-0.4, -0.2) is 24.3 Å². The third-order valence-electron chi connectivity index (χ3n) is 4.56. The molecule has 0 atom stereocenters. The minimum Gasteiger partial charge on any atom is -0.486 e. The number of nitrogens with one attached hydrogen (secondary N) is 1. The SMILES string of the molecule is O=C(NCc1cc(-c2ccc3c(c2)OCCO3)on1)C1CCCC1. The molecule has 0 bridgehead atoms. The lowest BCUT2D eigenvalue weighted by molar-refractivity contribution is -0.125. The van der Waals surface area contributed by atoms with Crippen molar-refractivity contribution in [3.8, 4) is 22.8 Å². The zero-order valence-corrected chi connectivity index (χ0v) is 13.4. The maximum Gasteiger partial charge on any atom is 0.223 e. The lowest BCUT2D eigenvalue weighted by Gasteiger charge is -2.18. The monoisotopic (exact) mass is 328 g/mol. The van der Waals surface area contributed by atoms with Gasteiger partial charge < -0.3 is 19.3 Å². The standard InChI is InChI=1S/C18H20N2O4/c21-18(12-3-1-2-4-12)19-11-14-10-16(24-20-14)13-5-6-15-17(9-13)23-8-7-22-15/h5-6,9-10,12H,1-4,7-8,11H2,(H,19,21). The smallest absolute Gasteiger partial charge is 0.223 e. The van der Waals surface area contributed by atoms with Gasteiger partial charge >= 0.3 is 0 Å². The molecule has 0 spiro atoms. The first-order valence-corrected chi connectivity index (χ1v) is 8.43. The Hall–Kier alpha value is -2.50. The van der Waals surface area contributed by atoms with Gasteiger partial charge in [0.1, 0.15) is 18.9 Å². The number of benzene rings is 1. The van der Waals surface area contributed by atoms with Gasteiger partial charge in [-0.15, -0.1) is 0 Å². The van der Waals surface area contributed by atoms with Gasteiger partial charge in [-0.1, -0.05) is 18.0 Å². The van der Waals surface area contributed by atoms with Crippen LogP contribution in [0, 0.1) is 5.92 Å². The Kier molecular flexibility index (Phi) is 4.11. The molecule has 1 aliphatic heterocycles. The Labute approximate surface area is 140 Å². The summed E-state index contributed by atoms with van der Waals surface area (Å²) in [7, 11) is 0.